The van der Waals surface area contributed by atoms with Crippen LogP contribution in [0.2, 0.25) is 5.02 Å². The van der Waals surface area contributed by atoms with E-state index in [1.165, 1.54) is 0 Å². The fraction of sp³-hybridized carbons (Fsp3) is 0.294. The highest BCUT2D eigenvalue weighted by atomic mass is 35.5. The molecule has 128 valence electrons. The summed E-state index contributed by atoms with van der Waals surface area (Å²) in [5.74, 6) is -0.624. The van der Waals surface area contributed by atoms with Crippen molar-refractivity contribution in [1.29, 1.82) is 0 Å². The van der Waals surface area contributed by atoms with Gasteiger partial charge in [-0.1, -0.05) is 17.7 Å². The van der Waals surface area contributed by atoms with E-state index in [-0.39, 0.29) is 18.4 Å². The molecule has 1 amide bonds. The average Bonchev–Trinajstić information content (AvgIpc) is 2.81. The van der Waals surface area contributed by atoms with Gasteiger partial charge in [-0.3, -0.25) is 15.6 Å². The van der Waals surface area contributed by atoms with Crippen molar-refractivity contribution in [2.24, 2.45) is 0 Å². The number of aromatic nitrogens is 1. The highest BCUT2D eigenvalue weighted by Gasteiger charge is 2.18. The number of halogens is 1. The number of nitrogens with one attached hydrogen (secondary N) is 2. The highest BCUT2D eigenvalue weighted by Crippen LogP contribution is 2.16. The normalized spacial score (nSPS) is 10.3. The number of carbonyl (C=O) groups is 2. The van der Waals surface area contributed by atoms with Gasteiger partial charge in [-0.25, -0.2) is 4.79 Å². The molecule has 0 spiro atoms. The van der Waals surface area contributed by atoms with E-state index in [1.54, 1.807) is 48.7 Å². The number of aryl methyl sites for hydroxylation is 1. The summed E-state index contributed by atoms with van der Waals surface area (Å²) in [6.45, 7) is 5.79. The van der Waals surface area contributed by atoms with Crippen molar-refractivity contribution in [1.82, 2.24) is 9.99 Å². The Morgan fingerprint density at radius 3 is 2.67 bits per heavy atom. The van der Waals surface area contributed by atoms with Crippen LogP contribution in [0.3, 0.4) is 0 Å². The molecule has 2 aromatic rings. The summed E-state index contributed by atoms with van der Waals surface area (Å²) < 4.78 is 6.79. The molecule has 0 saturated heterocycles. The second kappa shape index (κ2) is 7.88. The van der Waals surface area contributed by atoms with Gasteiger partial charge in [0.15, 0.2) is 0 Å². The third-order valence-electron chi connectivity index (χ3n) is 3.54. The van der Waals surface area contributed by atoms with Gasteiger partial charge in [0.25, 0.3) is 5.91 Å². The van der Waals surface area contributed by atoms with Crippen LogP contribution in [0.1, 0.15) is 28.7 Å². The molecule has 0 bridgehead atoms. The number of anilines is 1. The minimum Gasteiger partial charge on any atom is -0.462 e. The minimum absolute atomic E-state index is 0.0879. The van der Waals surface area contributed by atoms with E-state index in [2.05, 4.69) is 10.9 Å². The Bertz CT molecular complexity index is 756. The molecule has 0 aliphatic heterocycles. The molecule has 0 aliphatic rings. The summed E-state index contributed by atoms with van der Waals surface area (Å²) in [7, 11) is 0. The van der Waals surface area contributed by atoms with Gasteiger partial charge in [0, 0.05) is 16.4 Å². The maximum atomic E-state index is 12.1. The van der Waals surface area contributed by atoms with Crippen LogP contribution >= 0.6 is 11.6 Å². The minimum atomic E-state index is -0.380. The van der Waals surface area contributed by atoms with E-state index in [4.69, 9.17) is 16.3 Å². The number of hydrazine groups is 1. The molecule has 1 aromatic carbocycles. The summed E-state index contributed by atoms with van der Waals surface area (Å²) >= 11 is 5.89. The molecule has 0 radical (unpaired) electrons. The number of benzene rings is 1. The predicted molar refractivity (Wildman–Crippen MR) is 93.1 cm³/mol. The molecule has 1 heterocycles. The van der Waals surface area contributed by atoms with Gasteiger partial charge >= 0.3 is 5.97 Å². The van der Waals surface area contributed by atoms with E-state index >= 15 is 0 Å². The quantitative estimate of drug-likeness (QED) is 0.621. The van der Waals surface area contributed by atoms with E-state index < -0.39 is 0 Å². The fourth-order valence-electron chi connectivity index (χ4n) is 2.35. The zero-order valence-electron chi connectivity index (χ0n) is 13.9. The van der Waals surface area contributed by atoms with Crippen LogP contribution in [0.5, 0.6) is 0 Å². The maximum Gasteiger partial charge on any atom is 0.339 e. The molecule has 0 aliphatic carbocycles. The van der Waals surface area contributed by atoms with Crippen LogP contribution in [0.15, 0.2) is 30.3 Å². The number of hydrogen-bond donors (Lipinski definition) is 2. The van der Waals surface area contributed by atoms with E-state index in [1.807, 2.05) is 6.92 Å². The molecule has 2 N–H and O–H groups in total. The zero-order chi connectivity index (χ0) is 17.7. The van der Waals surface area contributed by atoms with Crippen LogP contribution in [0.4, 0.5) is 5.69 Å². The second-order valence-corrected chi connectivity index (χ2v) is 5.71. The first-order chi connectivity index (χ1) is 11.4. The first kappa shape index (κ1) is 17.9. The molecule has 2 rings (SSSR count). The van der Waals surface area contributed by atoms with Gasteiger partial charge in [-0.2, -0.15) is 0 Å². The Hall–Kier alpha value is -2.47. The SMILES string of the molecule is CCOC(=O)c1cc(C)n(CC(=O)NNc2cccc(Cl)c2)c1C. The standard InChI is InChI=1S/C17H20ClN3O3/c1-4-24-17(23)15-8-11(2)21(12(15)3)10-16(22)20-19-14-7-5-6-13(18)9-14/h5-9,19H,4,10H2,1-3H3,(H,20,22). The Kier molecular flexibility index (Phi) is 5.87. The monoisotopic (exact) mass is 349 g/mol. The van der Waals surface area contributed by atoms with Gasteiger partial charge in [0.05, 0.1) is 17.9 Å². The summed E-state index contributed by atoms with van der Waals surface area (Å²) in [4.78, 5) is 24.0. The van der Waals surface area contributed by atoms with Crippen molar-refractivity contribution in [3.63, 3.8) is 0 Å². The number of amides is 1. The van der Waals surface area contributed by atoms with E-state index in [9.17, 15) is 9.59 Å². The van der Waals surface area contributed by atoms with Crippen molar-refractivity contribution < 1.29 is 14.3 Å². The third-order valence-corrected chi connectivity index (χ3v) is 3.78. The molecule has 0 saturated carbocycles. The fourth-order valence-corrected chi connectivity index (χ4v) is 2.54. The van der Waals surface area contributed by atoms with Gasteiger partial charge in [0.2, 0.25) is 0 Å². The van der Waals surface area contributed by atoms with Crippen LogP contribution < -0.4 is 10.9 Å². The number of carbonyl (C=O) groups excluding carboxylic acids is 2. The van der Waals surface area contributed by atoms with Crippen LogP contribution in [0.25, 0.3) is 0 Å². The molecule has 7 heteroatoms. The molecule has 6 nitrogen and oxygen atoms in total. The lowest BCUT2D eigenvalue weighted by Gasteiger charge is -2.12. The highest BCUT2D eigenvalue weighted by molar-refractivity contribution is 6.30. The lowest BCUT2D eigenvalue weighted by Crippen LogP contribution is -2.33. The molecular weight excluding hydrogens is 330 g/mol. The van der Waals surface area contributed by atoms with Gasteiger partial charge in [0.1, 0.15) is 6.54 Å². The third kappa shape index (κ3) is 4.29. The van der Waals surface area contributed by atoms with Crippen LogP contribution in [0, 0.1) is 13.8 Å². The first-order valence-corrected chi connectivity index (χ1v) is 7.94. The average molecular weight is 350 g/mol. The van der Waals surface area contributed by atoms with Crippen LogP contribution in [-0.4, -0.2) is 23.1 Å². The Balaban J connectivity index is 2.02. The number of nitrogens with zero attached hydrogens (tertiary/aromatic N) is 1. The molecule has 0 fully saturated rings. The predicted octanol–water partition coefficient (Wildman–Crippen LogP) is 3.08. The Morgan fingerprint density at radius 1 is 1.25 bits per heavy atom. The zero-order valence-corrected chi connectivity index (χ0v) is 14.6. The summed E-state index contributed by atoms with van der Waals surface area (Å²) in [5, 5.41) is 0.574. The topological polar surface area (TPSA) is 72.4 Å². The van der Waals surface area contributed by atoms with Gasteiger partial charge in [-0.05, 0) is 45.0 Å². The molecule has 24 heavy (non-hydrogen) atoms. The second-order valence-electron chi connectivity index (χ2n) is 5.27. The van der Waals surface area contributed by atoms with Crippen molar-refractivity contribution in [3.8, 4) is 0 Å². The lowest BCUT2D eigenvalue weighted by molar-refractivity contribution is -0.121. The van der Waals surface area contributed by atoms with E-state index in [0.29, 0.717) is 28.6 Å². The van der Waals surface area contributed by atoms with Gasteiger partial charge < -0.3 is 9.30 Å². The number of ether oxygens (including phenoxy) is 1. The summed E-state index contributed by atoms with van der Waals surface area (Å²) in [5.41, 5.74) is 8.09. The number of esters is 1. The lowest BCUT2D eigenvalue weighted by atomic mass is 10.2. The summed E-state index contributed by atoms with van der Waals surface area (Å²) in [6.07, 6.45) is 0. The van der Waals surface area contributed by atoms with Gasteiger partial charge in [-0.15, -0.1) is 0 Å². The Labute approximate surface area is 145 Å². The molecule has 1 aromatic heterocycles. The maximum absolute atomic E-state index is 12.1. The van der Waals surface area contributed by atoms with E-state index in [0.717, 1.165) is 5.69 Å². The van der Waals surface area contributed by atoms with Crippen LogP contribution in [-0.2, 0) is 16.1 Å². The molecular formula is C17H20ClN3O3. The molecule has 0 unspecified atom stereocenters. The van der Waals surface area contributed by atoms with Crippen molar-refractivity contribution in [3.05, 3.63) is 52.3 Å². The first-order valence-electron chi connectivity index (χ1n) is 7.56. The number of rotatable bonds is 6. The number of hydrogen-bond acceptors (Lipinski definition) is 4. The van der Waals surface area contributed by atoms with Crippen molar-refractivity contribution in [2.75, 3.05) is 12.0 Å². The smallest absolute Gasteiger partial charge is 0.339 e. The Morgan fingerprint density at radius 2 is 2.00 bits per heavy atom. The summed E-state index contributed by atoms with van der Waals surface area (Å²) in [6, 6.07) is 8.75. The molecule has 0 atom stereocenters. The van der Waals surface area contributed by atoms with Crippen molar-refractivity contribution in [2.45, 2.75) is 27.3 Å². The van der Waals surface area contributed by atoms with Crippen molar-refractivity contribution >= 4 is 29.2 Å². The largest absolute Gasteiger partial charge is 0.462 e.